The molecule has 0 nitrogen and oxygen atoms in total. The lowest BCUT2D eigenvalue weighted by Crippen LogP contribution is -1.85. The van der Waals surface area contributed by atoms with Crippen molar-refractivity contribution in [3.63, 3.8) is 0 Å². The summed E-state index contributed by atoms with van der Waals surface area (Å²) in [6.07, 6.45) is 0. The van der Waals surface area contributed by atoms with Crippen LogP contribution in [0.15, 0.2) is 121 Å². The second kappa shape index (κ2) is 7.54. The Labute approximate surface area is 186 Å². The molecule has 6 aromatic rings. The molecule has 0 atom stereocenters. The van der Waals surface area contributed by atoms with Gasteiger partial charge in [-0.15, -0.1) is 11.3 Å². The third kappa shape index (κ3) is 3.24. The molecular weight excluding hydrogens is 392 g/mol. The Morgan fingerprint density at radius 2 is 0.871 bits per heavy atom. The maximum atomic E-state index is 2.29. The Hall–Kier alpha value is -3.68. The maximum absolute atomic E-state index is 2.29. The molecule has 0 spiro atoms. The fourth-order valence-electron chi connectivity index (χ4n) is 4.38. The van der Waals surface area contributed by atoms with Crippen LogP contribution in [-0.2, 0) is 0 Å². The van der Waals surface area contributed by atoms with Gasteiger partial charge in [-0.05, 0) is 62.0 Å². The Bertz CT molecular complexity index is 1450. The van der Waals surface area contributed by atoms with E-state index in [1.807, 2.05) is 11.3 Å². The smallest absolute Gasteiger partial charge is 0.0349 e. The van der Waals surface area contributed by atoms with Crippen molar-refractivity contribution in [2.24, 2.45) is 0 Å². The van der Waals surface area contributed by atoms with Crippen molar-refractivity contribution in [3.05, 3.63) is 121 Å². The average molecular weight is 413 g/mol. The lowest BCUT2D eigenvalue weighted by Gasteiger charge is -2.12. The van der Waals surface area contributed by atoms with Gasteiger partial charge in [-0.3, -0.25) is 0 Å². The highest BCUT2D eigenvalue weighted by molar-refractivity contribution is 7.18. The van der Waals surface area contributed by atoms with Crippen LogP contribution in [0.3, 0.4) is 0 Å². The van der Waals surface area contributed by atoms with Gasteiger partial charge in [0.2, 0.25) is 0 Å². The zero-order chi connectivity index (χ0) is 20.6. The molecule has 0 fully saturated rings. The monoisotopic (exact) mass is 412 g/mol. The molecule has 31 heavy (non-hydrogen) atoms. The van der Waals surface area contributed by atoms with Crippen LogP contribution < -0.4 is 0 Å². The average Bonchev–Trinajstić information content (AvgIpc) is 3.34. The van der Waals surface area contributed by atoms with E-state index in [1.165, 1.54) is 53.6 Å². The highest BCUT2D eigenvalue weighted by atomic mass is 32.1. The Morgan fingerprint density at radius 1 is 0.387 bits per heavy atom. The summed E-state index contributed by atoms with van der Waals surface area (Å²) < 4.78 is 0. The molecule has 1 heterocycles. The van der Waals surface area contributed by atoms with Crippen LogP contribution in [-0.4, -0.2) is 0 Å². The minimum absolute atomic E-state index is 1.26. The second-order valence-electron chi connectivity index (χ2n) is 7.80. The first-order valence-electron chi connectivity index (χ1n) is 10.5. The van der Waals surface area contributed by atoms with Gasteiger partial charge in [-0.1, -0.05) is 103 Å². The Morgan fingerprint density at radius 3 is 1.48 bits per heavy atom. The van der Waals surface area contributed by atoms with Crippen molar-refractivity contribution in [3.8, 4) is 32.0 Å². The number of hydrogen-bond acceptors (Lipinski definition) is 1. The predicted molar refractivity (Wildman–Crippen MR) is 136 cm³/mol. The molecule has 0 amide bonds. The first-order chi connectivity index (χ1) is 15.4. The molecular formula is C30H20S. The summed E-state index contributed by atoms with van der Waals surface area (Å²) in [5, 5.41) is 5.17. The molecule has 0 saturated carbocycles. The fourth-order valence-corrected chi connectivity index (χ4v) is 5.39. The van der Waals surface area contributed by atoms with Crippen LogP contribution in [0.4, 0.5) is 0 Å². The third-order valence-corrected chi connectivity index (χ3v) is 7.08. The first-order valence-corrected chi connectivity index (χ1v) is 11.3. The summed E-state index contributed by atoms with van der Waals surface area (Å²) in [4.78, 5) is 2.60. The van der Waals surface area contributed by atoms with Gasteiger partial charge in [0.15, 0.2) is 0 Å². The lowest BCUT2D eigenvalue weighted by molar-refractivity contribution is 1.66. The number of benzene rings is 5. The molecule has 0 unspecified atom stereocenters. The van der Waals surface area contributed by atoms with Crippen molar-refractivity contribution in [1.82, 2.24) is 0 Å². The van der Waals surface area contributed by atoms with Gasteiger partial charge in [0.1, 0.15) is 0 Å². The molecule has 0 bridgehead atoms. The van der Waals surface area contributed by atoms with Crippen molar-refractivity contribution < 1.29 is 0 Å². The molecule has 5 aromatic carbocycles. The minimum atomic E-state index is 1.26. The van der Waals surface area contributed by atoms with E-state index in [0.717, 1.165) is 0 Å². The molecule has 1 heteroatoms. The lowest BCUT2D eigenvalue weighted by atomic mass is 9.91. The first kappa shape index (κ1) is 18.1. The van der Waals surface area contributed by atoms with Gasteiger partial charge in [-0.2, -0.15) is 0 Å². The van der Waals surface area contributed by atoms with E-state index in [2.05, 4.69) is 121 Å². The fraction of sp³-hybridized carbons (Fsp3) is 0. The van der Waals surface area contributed by atoms with Crippen LogP contribution in [0.5, 0.6) is 0 Å². The largest absolute Gasteiger partial charge is 0.135 e. The number of hydrogen-bond donors (Lipinski definition) is 0. The Balaban J connectivity index is 1.45. The zero-order valence-electron chi connectivity index (χ0n) is 17.0. The molecule has 0 N–H and O–H groups in total. The van der Waals surface area contributed by atoms with Crippen LogP contribution in [0.25, 0.3) is 53.6 Å². The third-order valence-electron chi connectivity index (χ3n) is 5.89. The van der Waals surface area contributed by atoms with E-state index in [1.54, 1.807) is 0 Å². The minimum Gasteiger partial charge on any atom is -0.135 e. The molecule has 1 aromatic heterocycles. The van der Waals surface area contributed by atoms with Gasteiger partial charge in [-0.25, -0.2) is 0 Å². The highest BCUT2D eigenvalue weighted by Gasteiger charge is 2.11. The van der Waals surface area contributed by atoms with Crippen LogP contribution >= 0.6 is 11.3 Å². The summed E-state index contributed by atoms with van der Waals surface area (Å²) in [6, 6.07) is 43.8. The number of fused-ring (bicyclic) bond motifs is 2. The van der Waals surface area contributed by atoms with Crippen molar-refractivity contribution in [2.45, 2.75) is 0 Å². The van der Waals surface area contributed by atoms with Gasteiger partial charge in [0, 0.05) is 9.75 Å². The van der Waals surface area contributed by atoms with E-state index in [0.29, 0.717) is 0 Å². The number of rotatable bonds is 3. The van der Waals surface area contributed by atoms with Gasteiger partial charge in [0.05, 0.1) is 0 Å². The summed E-state index contributed by atoms with van der Waals surface area (Å²) in [5.74, 6) is 0. The predicted octanol–water partition coefficient (Wildman–Crippen LogP) is 9.06. The van der Waals surface area contributed by atoms with E-state index in [9.17, 15) is 0 Å². The topological polar surface area (TPSA) is 0 Å². The van der Waals surface area contributed by atoms with Crippen LogP contribution in [0, 0.1) is 0 Å². The maximum Gasteiger partial charge on any atom is 0.0349 e. The van der Waals surface area contributed by atoms with E-state index in [-0.39, 0.29) is 0 Å². The van der Waals surface area contributed by atoms with Crippen LogP contribution in [0.2, 0.25) is 0 Å². The van der Waals surface area contributed by atoms with E-state index in [4.69, 9.17) is 0 Å². The molecule has 6 rings (SSSR count). The molecule has 0 radical (unpaired) electrons. The van der Waals surface area contributed by atoms with Crippen molar-refractivity contribution >= 4 is 32.9 Å². The van der Waals surface area contributed by atoms with Gasteiger partial charge in [0.25, 0.3) is 0 Å². The molecule has 146 valence electrons. The zero-order valence-corrected chi connectivity index (χ0v) is 17.8. The molecule has 0 aliphatic rings. The molecule has 0 aliphatic carbocycles. The van der Waals surface area contributed by atoms with Crippen molar-refractivity contribution in [2.75, 3.05) is 0 Å². The van der Waals surface area contributed by atoms with Crippen molar-refractivity contribution in [1.29, 1.82) is 0 Å². The standard InChI is InChI=1S/C30H20S/c1-2-8-21(9-3-1)28-18-19-29(31-28)22-14-16-23(17-15-22)30-26-12-6-4-10-24(26)20-25-11-5-7-13-27(25)30/h1-20H. The summed E-state index contributed by atoms with van der Waals surface area (Å²) in [7, 11) is 0. The number of thiophene rings is 1. The normalized spacial score (nSPS) is 11.2. The van der Waals surface area contributed by atoms with Gasteiger partial charge < -0.3 is 0 Å². The molecule has 0 aliphatic heterocycles. The summed E-state index contributed by atoms with van der Waals surface area (Å²) in [5.41, 5.74) is 5.12. The van der Waals surface area contributed by atoms with E-state index >= 15 is 0 Å². The second-order valence-corrected chi connectivity index (χ2v) is 8.88. The quantitative estimate of drug-likeness (QED) is 0.254. The molecule has 0 saturated heterocycles. The van der Waals surface area contributed by atoms with Crippen LogP contribution in [0.1, 0.15) is 0 Å². The Kier molecular flexibility index (Phi) is 4.40. The SMILES string of the molecule is c1ccc(-c2ccc(-c3ccc(-c4c5ccccc5cc5ccccc45)cc3)s2)cc1. The van der Waals surface area contributed by atoms with E-state index < -0.39 is 0 Å². The van der Waals surface area contributed by atoms with Gasteiger partial charge >= 0.3 is 0 Å². The summed E-state index contributed by atoms with van der Waals surface area (Å²) in [6.45, 7) is 0. The summed E-state index contributed by atoms with van der Waals surface area (Å²) >= 11 is 1.85. The highest BCUT2D eigenvalue weighted by Crippen LogP contribution is 2.39.